The van der Waals surface area contributed by atoms with Crippen LogP contribution in [-0.2, 0) is 16.4 Å². The lowest BCUT2D eigenvalue weighted by Gasteiger charge is -2.18. The molecule has 0 spiro atoms. The van der Waals surface area contributed by atoms with Crippen LogP contribution >= 0.6 is 11.8 Å². The summed E-state index contributed by atoms with van der Waals surface area (Å²) >= 11 is 1.45. The fraction of sp³-hybridized carbons (Fsp3) is 0.409. The van der Waals surface area contributed by atoms with Crippen molar-refractivity contribution in [1.29, 1.82) is 0 Å². The highest BCUT2D eigenvalue weighted by Gasteiger charge is 2.24. The van der Waals surface area contributed by atoms with Crippen molar-refractivity contribution in [3.05, 3.63) is 53.6 Å². The third kappa shape index (κ3) is 5.34. The van der Waals surface area contributed by atoms with Gasteiger partial charge in [0.25, 0.3) is 15.9 Å². The summed E-state index contributed by atoms with van der Waals surface area (Å²) in [5, 5.41) is 0. The van der Waals surface area contributed by atoms with E-state index in [1.807, 2.05) is 18.4 Å². The van der Waals surface area contributed by atoms with Crippen LogP contribution in [0.5, 0.6) is 0 Å². The number of nitrogens with one attached hydrogen (secondary N) is 1. The van der Waals surface area contributed by atoms with Crippen molar-refractivity contribution >= 4 is 33.4 Å². The quantitative estimate of drug-likeness (QED) is 0.609. The summed E-state index contributed by atoms with van der Waals surface area (Å²) in [5.41, 5.74) is 2.17. The predicted molar refractivity (Wildman–Crippen MR) is 119 cm³/mol. The molecule has 0 bridgehead atoms. The molecule has 1 heterocycles. The van der Waals surface area contributed by atoms with Crippen molar-refractivity contribution in [2.24, 2.45) is 0 Å². The maximum atomic E-state index is 12.9. The molecule has 5 nitrogen and oxygen atoms in total. The molecule has 0 unspecified atom stereocenters. The lowest BCUT2D eigenvalue weighted by molar-refractivity contribution is 0.0789. The molecule has 0 radical (unpaired) electrons. The SMILES string of the molecule is CCCCc1ccc(NS(=O)(=O)c2ccc(SC)c(C(=O)N3CCCC3)c2)cc1. The Morgan fingerprint density at radius 2 is 1.79 bits per heavy atom. The summed E-state index contributed by atoms with van der Waals surface area (Å²) < 4.78 is 28.5. The molecule has 0 aromatic heterocycles. The van der Waals surface area contributed by atoms with Gasteiger partial charge in [0.2, 0.25) is 0 Å². The number of aryl methyl sites for hydroxylation is 1. The minimum Gasteiger partial charge on any atom is -0.339 e. The van der Waals surface area contributed by atoms with Gasteiger partial charge in [0, 0.05) is 23.7 Å². The van der Waals surface area contributed by atoms with Crippen LogP contribution in [0.4, 0.5) is 5.69 Å². The number of unbranched alkanes of at least 4 members (excludes halogenated alkanes) is 1. The topological polar surface area (TPSA) is 66.5 Å². The van der Waals surface area contributed by atoms with Crippen LogP contribution in [0.2, 0.25) is 0 Å². The summed E-state index contributed by atoms with van der Waals surface area (Å²) in [6.07, 6.45) is 7.10. The number of benzene rings is 2. The molecule has 1 fully saturated rings. The van der Waals surface area contributed by atoms with Gasteiger partial charge in [-0.3, -0.25) is 9.52 Å². The van der Waals surface area contributed by atoms with Gasteiger partial charge in [-0.25, -0.2) is 8.42 Å². The molecule has 1 N–H and O–H groups in total. The van der Waals surface area contributed by atoms with Gasteiger partial charge in [0.1, 0.15) is 0 Å². The van der Waals surface area contributed by atoms with Crippen LogP contribution < -0.4 is 4.72 Å². The summed E-state index contributed by atoms with van der Waals surface area (Å²) in [6.45, 7) is 3.60. The highest BCUT2D eigenvalue weighted by Crippen LogP contribution is 2.27. The number of nitrogens with zero attached hydrogens (tertiary/aromatic N) is 1. The van der Waals surface area contributed by atoms with E-state index in [1.165, 1.54) is 23.4 Å². The fourth-order valence-corrected chi connectivity index (χ4v) is 5.10. The molecule has 1 aliphatic heterocycles. The monoisotopic (exact) mass is 432 g/mol. The van der Waals surface area contributed by atoms with Gasteiger partial charge in [-0.2, -0.15) is 0 Å². The first-order chi connectivity index (χ1) is 13.9. The zero-order valence-electron chi connectivity index (χ0n) is 17.0. The molecule has 0 atom stereocenters. The second kappa shape index (κ2) is 9.67. The van der Waals surface area contributed by atoms with E-state index in [2.05, 4.69) is 11.6 Å². The minimum absolute atomic E-state index is 0.0934. The molecule has 1 saturated heterocycles. The maximum Gasteiger partial charge on any atom is 0.261 e. The number of amides is 1. The van der Waals surface area contributed by atoms with Gasteiger partial charge >= 0.3 is 0 Å². The third-order valence-corrected chi connectivity index (χ3v) is 7.30. The van der Waals surface area contributed by atoms with Gasteiger partial charge < -0.3 is 4.90 Å². The highest BCUT2D eigenvalue weighted by atomic mass is 32.2. The number of sulfonamides is 1. The van der Waals surface area contributed by atoms with Crippen LogP contribution in [0.25, 0.3) is 0 Å². The molecule has 2 aromatic carbocycles. The zero-order chi connectivity index (χ0) is 20.9. The predicted octanol–water partition coefficient (Wildman–Crippen LogP) is 4.79. The molecule has 156 valence electrons. The molecule has 1 aliphatic rings. The Morgan fingerprint density at radius 3 is 2.41 bits per heavy atom. The minimum atomic E-state index is -3.78. The number of carbonyl (C=O) groups is 1. The normalized spacial score (nSPS) is 14.2. The van der Waals surface area contributed by atoms with Gasteiger partial charge in [0.05, 0.1) is 10.5 Å². The molecule has 1 amide bonds. The largest absolute Gasteiger partial charge is 0.339 e. The average molecular weight is 433 g/mol. The molecular weight excluding hydrogens is 404 g/mol. The number of rotatable bonds is 8. The van der Waals surface area contributed by atoms with E-state index < -0.39 is 10.0 Å². The molecule has 0 saturated carbocycles. The molecule has 2 aromatic rings. The molecule has 29 heavy (non-hydrogen) atoms. The Hall–Kier alpha value is -1.99. The molecule has 3 rings (SSSR count). The number of likely N-dealkylation sites (tertiary alicyclic amines) is 1. The van der Waals surface area contributed by atoms with Crippen LogP contribution in [0.15, 0.2) is 52.3 Å². The summed E-state index contributed by atoms with van der Waals surface area (Å²) in [7, 11) is -3.78. The van der Waals surface area contributed by atoms with Crippen LogP contribution in [-0.4, -0.2) is 38.6 Å². The van der Waals surface area contributed by atoms with Crippen molar-refractivity contribution in [3.63, 3.8) is 0 Å². The van der Waals surface area contributed by atoms with Gasteiger partial charge in [-0.05, 0) is 67.8 Å². The van der Waals surface area contributed by atoms with E-state index in [1.54, 1.807) is 29.2 Å². The van der Waals surface area contributed by atoms with Crippen molar-refractivity contribution in [2.75, 3.05) is 24.1 Å². The Labute approximate surface area is 177 Å². The van der Waals surface area contributed by atoms with Crippen LogP contribution in [0.3, 0.4) is 0 Å². The van der Waals surface area contributed by atoms with E-state index in [4.69, 9.17) is 0 Å². The number of hydrogen-bond acceptors (Lipinski definition) is 4. The standard InChI is InChI=1S/C22H28N2O3S2/c1-3-4-7-17-8-10-18(11-9-17)23-29(26,27)19-12-13-21(28-2)20(16-19)22(25)24-14-5-6-15-24/h8-13,16,23H,3-7,14-15H2,1-2H3. The lowest BCUT2D eigenvalue weighted by Crippen LogP contribution is -2.28. The first kappa shape index (κ1) is 21.7. The number of carbonyl (C=O) groups excluding carboxylic acids is 1. The van der Waals surface area contributed by atoms with Gasteiger partial charge in [-0.1, -0.05) is 25.5 Å². The smallest absolute Gasteiger partial charge is 0.261 e. The summed E-state index contributed by atoms with van der Waals surface area (Å²) in [4.78, 5) is 15.6. The molecule has 0 aliphatic carbocycles. The van der Waals surface area contributed by atoms with E-state index in [0.29, 0.717) is 11.3 Å². The van der Waals surface area contributed by atoms with E-state index in [-0.39, 0.29) is 10.8 Å². The second-order valence-corrected chi connectivity index (χ2v) is 9.80. The van der Waals surface area contributed by atoms with Gasteiger partial charge in [-0.15, -0.1) is 11.8 Å². The lowest BCUT2D eigenvalue weighted by atomic mass is 10.1. The fourth-order valence-electron chi connectivity index (χ4n) is 3.45. The van der Waals surface area contributed by atoms with Crippen LogP contribution in [0.1, 0.15) is 48.5 Å². The number of thioether (sulfide) groups is 1. The molecular formula is C22H28N2O3S2. The van der Waals surface area contributed by atoms with Crippen molar-refractivity contribution in [2.45, 2.75) is 48.8 Å². The zero-order valence-corrected chi connectivity index (χ0v) is 18.6. The Bertz CT molecular complexity index is 951. The van der Waals surface area contributed by atoms with Crippen molar-refractivity contribution in [3.8, 4) is 0 Å². The van der Waals surface area contributed by atoms with E-state index in [9.17, 15) is 13.2 Å². The van der Waals surface area contributed by atoms with Crippen molar-refractivity contribution in [1.82, 2.24) is 4.90 Å². The third-order valence-electron chi connectivity index (χ3n) is 5.13. The summed E-state index contributed by atoms with van der Waals surface area (Å²) in [6, 6.07) is 12.3. The summed E-state index contributed by atoms with van der Waals surface area (Å²) in [5.74, 6) is -0.0934. The highest BCUT2D eigenvalue weighted by molar-refractivity contribution is 7.98. The second-order valence-electron chi connectivity index (χ2n) is 7.27. The van der Waals surface area contributed by atoms with Gasteiger partial charge in [0.15, 0.2) is 0 Å². The Kier molecular flexibility index (Phi) is 7.24. The van der Waals surface area contributed by atoms with Crippen LogP contribution in [0, 0.1) is 0 Å². The first-order valence-corrected chi connectivity index (χ1v) is 12.7. The average Bonchev–Trinajstić information content (AvgIpc) is 3.27. The number of anilines is 1. The van der Waals surface area contributed by atoms with E-state index >= 15 is 0 Å². The maximum absolute atomic E-state index is 12.9. The van der Waals surface area contributed by atoms with E-state index in [0.717, 1.165) is 50.1 Å². The Balaban J connectivity index is 1.82. The van der Waals surface area contributed by atoms with Crippen molar-refractivity contribution < 1.29 is 13.2 Å². The Morgan fingerprint density at radius 1 is 1.10 bits per heavy atom. The number of hydrogen-bond donors (Lipinski definition) is 1. The first-order valence-electron chi connectivity index (χ1n) is 10.0. The molecule has 7 heteroatoms.